The lowest BCUT2D eigenvalue weighted by Crippen LogP contribution is -2.43. The van der Waals surface area contributed by atoms with E-state index in [0.717, 1.165) is 31.8 Å². The van der Waals surface area contributed by atoms with Crippen molar-refractivity contribution in [2.24, 2.45) is 0 Å². The molecule has 1 N–H and O–H groups in total. The number of aryl methyl sites for hydroxylation is 1. The quantitative estimate of drug-likeness (QED) is 0.628. The van der Waals surface area contributed by atoms with Gasteiger partial charge in [-0.15, -0.1) is 5.10 Å². The molecule has 3 aromatic rings. The van der Waals surface area contributed by atoms with E-state index in [-0.39, 0.29) is 17.3 Å². The number of nitrogens with one attached hydrogen (secondary N) is 1. The summed E-state index contributed by atoms with van der Waals surface area (Å²) in [5, 5.41) is 8.20. The summed E-state index contributed by atoms with van der Waals surface area (Å²) in [6.45, 7) is 7.53. The lowest BCUT2D eigenvalue weighted by molar-refractivity contribution is -0.114. The van der Waals surface area contributed by atoms with Crippen molar-refractivity contribution in [3.63, 3.8) is 0 Å². The van der Waals surface area contributed by atoms with Crippen molar-refractivity contribution in [2.75, 3.05) is 37.4 Å². The van der Waals surface area contributed by atoms with Crippen molar-refractivity contribution in [1.29, 1.82) is 0 Å². The molecule has 0 aromatic carbocycles. The van der Waals surface area contributed by atoms with Crippen LogP contribution < -0.4 is 10.2 Å². The minimum Gasteiger partial charge on any atom is -0.353 e. The summed E-state index contributed by atoms with van der Waals surface area (Å²) in [6, 6.07) is 3.29. The first-order valence-corrected chi connectivity index (χ1v) is 10.7. The Bertz CT molecular complexity index is 1220. The average Bonchev–Trinajstić information content (AvgIpc) is 3.28. The number of fused-ring (bicyclic) bond motifs is 1. The van der Waals surface area contributed by atoms with E-state index in [4.69, 9.17) is 5.10 Å². The van der Waals surface area contributed by atoms with Crippen molar-refractivity contribution in [3.05, 3.63) is 29.8 Å². The number of halogens is 2. The van der Waals surface area contributed by atoms with Crippen molar-refractivity contribution in [2.45, 2.75) is 45.6 Å². The fourth-order valence-corrected chi connectivity index (χ4v) is 4.00. The number of hydrogen-bond donors (Lipinski definition) is 1. The van der Waals surface area contributed by atoms with Crippen LogP contribution in [-0.2, 0) is 10.7 Å². The van der Waals surface area contributed by atoms with Crippen LogP contribution in [0.1, 0.15) is 38.7 Å². The van der Waals surface area contributed by atoms with Gasteiger partial charge in [-0.2, -0.15) is 8.78 Å². The lowest BCUT2D eigenvalue weighted by Gasteiger charge is -2.32. The average molecular weight is 459 g/mol. The molecule has 0 radical (unpaired) electrons. The topological polar surface area (TPSA) is 92.1 Å². The van der Waals surface area contributed by atoms with Crippen molar-refractivity contribution in [3.8, 4) is 5.82 Å². The number of likely N-dealkylation sites (N-methyl/N-ethyl adjacent to an activating group) is 1. The van der Waals surface area contributed by atoms with Crippen LogP contribution in [0.25, 0.3) is 16.7 Å². The summed E-state index contributed by atoms with van der Waals surface area (Å²) >= 11 is 0. The van der Waals surface area contributed by atoms with Gasteiger partial charge >= 0.3 is 5.92 Å². The fourth-order valence-electron chi connectivity index (χ4n) is 4.00. The Balaban J connectivity index is 1.89. The molecule has 11 heteroatoms. The molecule has 1 atom stereocenters. The Kier molecular flexibility index (Phi) is 5.55. The molecule has 3 aromatic heterocycles. The summed E-state index contributed by atoms with van der Waals surface area (Å²) in [5.74, 6) is -2.77. The highest BCUT2D eigenvalue weighted by Crippen LogP contribution is 2.35. The predicted octanol–water partition coefficient (Wildman–Crippen LogP) is 3.12. The second kappa shape index (κ2) is 7.98. The van der Waals surface area contributed by atoms with Crippen LogP contribution in [0.5, 0.6) is 0 Å². The third-order valence-electron chi connectivity index (χ3n) is 6.13. The number of alkyl halides is 2. The molecule has 0 bridgehead atoms. The van der Waals surface area contributed by atoms with E-state index in [1.807, 2.05) is 0 Å². The van der Waals surface area contributed by atoms with Crippen LogP contribution in [0.3, 0.4) is 0 Å². The Hall–Kier alpha value is -3.21. The van der Waals surface area contributed by atoms with Gasteiger partial charge in [0.1, 0.15) is 5.82 Å². The van der Waals surface area contributed by atoms with Gasteiger partial charge in [-0.1, -0.05) is 0 Å². The van der Waals surface area contributed by atoms with Crippen LogP contribution in [0.4, 0.5) is 20.4 Å². The molecule has 9 nitrogen and oxygen atoms in total. The van der Waals surface area contributed by atoms with E-state index in [2.05, 4.69) is 51.1 Å². The maximum Gasteiger partial charge on any atom is 0.303 e. The molecule has 1 amide bonds. The van der Waals surface area contributed by atoms with Gasteiger partial charge in [-0.05, 0) is 34.4 Å². The Morgan fingerprint density at radius 2 is 2.00 bits per heavy atom. The van der Waals surface area contributed by atoms with Crippen LogP contribution in [-0.4, -0.2) is 68.3 Å². The molecule has 33 heavy (non-hydrogen) atoms. The minimum atomic E-state index is -3.20. The van der Waals surface area contributed by atoms with Gasteiger partial charge in [0.05, 0.1) is 10.9 Å². The monoisotopic (exact) mass is 458 g/mol. The highest BCUT2D eigenvalue weighted by Gasteiger charge is 2.37. The predicted molar refractivity (Wildman–Crippen MR) is 122 cm³/mol. The van der Waals surface area contributed by atoms with Crippen LogP contribution in [0.2, 0.25) is 0 Å². The first-order valence-electron chi connectivity index (χ1n) is 10.7. The number of nitrogens with zero attached hydrogens (tertiary/aromatic N) is 7. The number of aromatic nitrogens is 5. The third-order valence-corrected chi connectivity index (χ3v) is 6.13. The van der Waals surface area contributed by atoms with Crippen molar-refractivity contribution < 1.29 is 13.6 Å². The highest BCUT2D eigenvalue weighted by atomic mass is 19.3. The third kappa shape index (κ3) is 4.37. The first kappa shape index (κ1) is 23.0. The van der Waals surface area contributed by atoms with Gasteiger partial charge in [-0.3, -0.25) is 4.79 Å². The van der Waals surface area contributed by atoms with Gasteiger partial charge in [0.2, 0.25) is 11.7 Å². The number of carbonyl (C=O) groups excluding carboxylic acids is 1. The molecule has 1 unspecified atom stereocenters. The standard InChI is InChI=1S/C22H28F2N8O/c1-13-9-18(28-20(26-13)22(4,23)24)32-16-10-17(27-14(2)33)25-11-15(16)19(29-32)31-8-7-21(3,12-31)30(5)6/h9-11H,7-8,12H2,1-6H3,(H,25,27,33). The summed E-state index contributed by atoms with van der Waals surface area (Å²) in [5.41, 5.74) is 0.979. The molecule has 0 saturated carbocycles. The number of hydrogen-bond acceptors (Lipinski definition) is 7. The maximum atomic E-state index is 14.0. The molecular formula is C22H28F2N8O. The zero-order chi connectivity index (χ0) is 24.1. The molecule has 1 fully saturated rings. The lowest BCUT2D eigenvalue weighted by atomic mass is 10.0. The van der Waals surface area contributed by atoms with Gasteiger partial charge < -0.3 is 15.1 Å². The number of carbonyl (C=O) groups is 1. The normalized spacial score (nSPS) is 19.0. The molecule has 1 aliphatic rings. The maximum absolute atomic E-state index is 14.0. The second-order valence-electron chi connectivity index (χ2n) is 9.15. The molecule has 0 spiro atoms. The molecular weight excluding hydrogens is 430 g/mol. The highest BCUT2D eigenvalue weighted by molar-refractivity contribution is 5.95. The van der Waals surface area contributed by atoms with Gasteiger partial charge in [0.25, 0.3) is 0 Å². The van der Waals surface area contributed by atoms with E-state index in [1.165, 1.54) is 11.6 Å². The molecule has 4 rings (SSSR count). The van der Waals surface area contributed by atoms with Gasteiger partial charge in [0, 0.05) is 56.5 Å². The van der Waals surface area contributed by atoms with Crippen LogP contribution >= 0.6 is 0 Å². The first-order chi connectivity index (χ1) is 15.4. The number of amides is 1. The van der Waals surface area contributed by atoms with E-state index < -0.39 is 11.7 Å². The number of rotatable bonds is 5. The zero-order valence-electron chi connectivity index (χ0n) is 19.6. The molecule has 0 aliphatic carbocycles. The minimum absolute atomic E-state index is 0.0252. The fraction of sp³-hybridized carbons (Fsp3) is 0.500. The van der Waals surface area contributed by atoms with Crippen LogP contribution in [0, 0.1) is 6.92 Å². The summed E-state index contributed by atoms with van der Waals surface area (Å²) in [4.78, 5) is 28.3. The van der Waals surface area contributed by atoms with Gasteiger partial charge in [-0.25, -0.2) is 19.6 Å². The second-order valence-corrected chi connectivity index (χ2v) is 9.15. The Morgan fingerprint density at radius 3 is 2.61 bits per heavy atom. The van der Waals surface area contributed by atoms with E-state index in [9.17, 15) is 13.6 Å². The van der Waals surface area contributed by atoms with E-state index >= 15 is 0 Å². The smallest absolute Gasteiger partial charge is 0.303 e. The summed E-state index contributed by atoms with van der Waals surface area (Å²) in [6.07, 6.45) is 2.60. The molecule has 4 heterocycles. The SMILES string of the molecule is CC(=O)Nc1cc2c(cn1)c(N1CCC(C)(N(C)C)C1)nn2-c1cc(C)nc(C(C)(F)F)n1. The van der Waals surface area contributed by atoms with E-state index in [1.54, 1.807) is 25.3 Å². The summed E-state index contributed by atoms with van der Waals surface area (Å²) in [7, 11) is 4.11. The molecule has 1 saturated heterocycles. The van der Waals surface area contributed by atoms with Crippen molar-refractivity contribution >= 4 is 28.4 Å². The Labute approximate surface area is 190 Å². The number of anilines is 2. The van der Waals surface area contributed by atoms with Gasteiger partial charge in [0.15, 0.2) is 11.6 Å². The number of pyridine rings is 1. The summed E-state index contributed by atoms with van der Waals surface area (Å²) < 4.78 is 29.6. The Morgan fingerprint density at radius 1 is 1.27 bits per heavy atom. The largest absolute Gasteiger partial charge is 0.353 e. The van der Waals surface area contributed by atoms with Crippen molar-refractivity contribution in [1.82, 2.24) is 29.6 Å². The van der Waals surface area contributed by atoms with Crippen LogP contribution in [0.15, 0.2) is 18.3 Å². The zero-order valence-corrected chi connectivity index (χ0v) is 19.6. The molecule has 176 valence electrons. The molecule has 1 aliphatic heterocycles. The van der Waals surface area contributed by atoms with E-state index in [0.29, 0.717) is 22.8 Å².